The van der Waals surface area contributed by atoms with Crippen LogP contribution in [0.2, 0.25) is 0 Å². The number of halogens is 1. The lowest BCUT2D eigenvalue weighted by Crippen LogP contribution is -2.19. The fourth-order valence-electron chi connectivity index (χ4n) is 2.33. The zero-order valence-electron chi connectivity index (χ0n) is 14.1. The van der Waals surface area contributed by atoms with E-state index in [1.54, 1.807) is 6.21 Å². The minimum Gasteiger partial charge on any atom is -0.322 e. The standard InChI is InChI=1S/C19H17BrN4OS/c1-24-17-10-6-5-9-16(17)22-19(24)26-13-18(25)23-21-12-15(20)11-14-7-3-2-4-8-14/h2-12H,13H2,1H3,(H,23,25)/b15-11+,21-12-. The SMILES string of the molecule is Cn1c(SCC(=O)N/N=C\C(Br)=C/c2ccccc2)nc2ccccc21. The van der Waals surface area contributed by atoms with Crippen LogP contribution in [-0.2, 0) is 11.8 Å². The van der Waals surface area contributed by atoms with E-state index >= 15 is 0 Å². The molecule has 0 bridgehead atoms. The van der Waals surface area contributed by atoms with Crippen LogP contribution >= 0.6 is 27.7 Å². The summed E-state index contributed by atoms with van der Waals surface area (Å²) < 4.78 is 2.75. The lowest BCUT2D eigenvalue weighted by atomic mass is 10.2. The van der Waals surface area contributed by atoms with Crippen LogP contribution in [0.3, 0.4) is 0 Å². The molecule has 0 saturated heterocycles. The molecule has 1 amide bonds. The average molecular weight is 429 g/mol. The lowest BCUT2D eigenvalue weighted by Gasteiger charge is -2.01. The number of carbonyl (C=O) groups is 1. The van der Waals surface area contributed by atoms with Crippen LogP contribution in [0.4, 0.5) is 0 Å². The van der Waals surface area contributed by atoms with Crippen molar-refractivity contribution < 1.29 is 4.79 Å². The Morgan fingerprint density at radius 3 is 2.73 bits per heavy atom. The van der Waals surface area contributed by atoms with Crippen molar-refractivity contribution in [1.82, 2.24) is 15.0 Å². The Balaban J connectivity index is 1.52. The highest BCUT2D eigenvalue weighted by molar-refractivity contribution is 9.12. The van der Waals surface area contributed by atoms with Crippen molar-refractivity contribution in [3.63, 3.8) is 0 Å². The molecule has 0 radical (unpaired) electrons. The fraction of sp³-hybridized carbons (Fsp3) is 0.105. The van der Waals surface area contributed by atoms with Gasteiger partial charge in [-0.1, -0.05) is 54.2 Å². The van der Waals surface area contributed by atoms with Crippen molar-refractivity contribution in [1.29, 1.82) is 0 Å². The molecule has 0 aliphatic rings. The molecule has 3 rings (SSSR count). The Morgan fingerprint density at radius 2 is 1.96 bits per heavy atom. The van der Waals surface area contributed by atoms with E-state index in [0.29, 0.717) is 0 Å². The van der Waals surface area contributed by atoms with Gasteiger partial charge in [0.15, 0.2) is 5.16 Å². The van der Waals surface area contributed by atoms with Crippen LogP contribution in [0.25, 0.3) is 17.1 Å². The van der Waals surface area contributed by atoms with E-state index in [4.69, 9.17) is 0 Å². The number of imidazole rings is 1. The van der Waals surface area contributed by atoms with Gasteiger partial charge in [0.25, 0.3) is 5.91 Å². The van der Waals surface area contributed by atoms with Crippen LogP contribution in [-0.4, -0.2) is 27.4 Å². The summed E-state index contributed by atoms with van der Waals surface area (Å²) in [5, 5.41) is 4.77. The van der Waals surface area contributed by atoms with Crippen LogP contribution in [0.1, 0.15) is 5.56 Å². The molecule has 7 heteroatoms. The summed E-state index contributed by atoms with van der Waals surface area (Å²) in [5.74, 6) is 0.0625. The number of hydrogen-bond donors (Lipinski definition) is 1. The van der Waals surface area contributed by atoms with Crippen molar-refractivity contribution in [2.24, 2.45) is 12.1 Å². The minimum atomic E-state index is -0.182. The Kier molecular flexibility index (Phi) is 6.25. The smallest absolute Gasteiger partial charge is 0.250 e. The number of aryl methyl sites for hydroxylation is 1. The number of allylic oxidation sites excluding steroid dienone is 1. The number of amides is 1. The van der Waals surface area contributed by atoms with Crippen molar-refractivity contribution in [2.75, 3.05) is 5.75 Å². The lowest BCUT2D eigenvalue weighted by molar-refractivity contribution is -0.118. The summed E-state index contributed by atoms with van der Waals surface area (Å²) in [6, 6.07) is 17.7. The molecule has 1 heterocycles. The molecule has 5 nitrogen and oxygen atoms in total. The number of benzene rings is 2. The van der Waals surface area contributed by atoms with E-state index in [1.165, 1.54) is 11.8 Å². The van der Waals surface area contributed by atoms with E-state index in [0.717, 1.165) is 26.2 Å². The topological polar surface area (TPSA) is 59.3 Å². The van der Waals surface area contributed by atoms with Gasteiger partial charge in [-0.05, 0) is 39.7 Å². The molecule has 0 fully saturated rings. The summed E-state index contributed by atoms with van der Waals surface area (Å²) in [6.07, 6.45) is 3.48. The number of para-hydroxylation sites is 2. The molecule has 3 aromatic rings. The highest BCUT2D eigenvalue weighted by Gasteiger charge is 2.09. The van der Waals surface area contributed by atoms with Gasteiger partial charge in [-0.2, -0.15) is 5.10 Å². The zero-order valence-corrected chi connectivity index (χ0v) is 16.5. The van der Waals surface area contributed by atoms with Crippen molar-refractivity contribution in [3.8, 4) is 0 Å². The second kappa shape index (κ2) is 8.82. The molecule has 0 spiro atoms. The molecule has 0 aliphatic carbocycles. The van der Waals surface area contributed by atoms with Crippen LogP contribution in [0.5, 0.6) is 0 Å². The van der Waals surface area contributed by atoms with Crippen LogP contribution < -0.4 is 5.43 Å². The first-order valence-corrected chi connectivity index (χ1v) is 9.70. The average Bonchev–Trinajstić information content (AvgIpc) is 2.97. The van der Waals surface area contributed by atoms with Gasteiger partial charge in [0.2, 0.25) is 0 Å². The first-order chi connectivity index (χ1) is 12.6. The number of nitrogens with zero attached hydrogens (tertiary/aromatic N) is 3. The Morgan fingerprint density at radius 1 is 1.23 bits per heavy atom. The summed E-state index contributed by atoms with van der Waals surface area (Å²) >= 11 is 4.79. The molecule has 0 atom stereocenters. The van der Waals surface area contributed by atoms with E-state index < -0.39 is 0 Å². The molecular formula is C19H17BrN4OS. The molecule has 2 aromatic carbocycles. The molecule has 132 valence electrons. The largest absolute Gasteiger partial charge is 0.322 e. The summed E-state index contributed by atoms with van der Waals surface area (Å²) in [6.45, 7) is 0. The summed E-state index contributed by atoms with van der Waals surface area (Å²) in [7, 11) is 1.94. The van der Waals surface area contributed by atoms with Gasteiger partial charge in [-0.15, -0.1) is 0 Å². The molecule has 0 unspecified atom stereocenters. The Hall–Kier alpha value is -2.38. The molecule has 0 aliphatic heterocycles. The third-order valence-corrected chi connectivity index (χ3v) is 5.02. The zero-order chi connectivity index (χ0) is 18.4. The van der Waals surface area contributed by atoms with Crippen LogP contribution in [0, 0.1) is 0 Å². The first-order valence-electron chi connectivity index (χ1n) is 7.92. The molecule has 1 N–H and O–H groups in total. The Labute approximate surface area is 164 Å². The fourth-order valence-corrected chi connectivity index (χ4v) is 3.47. The van der Waals surface area contributed by atoms with Crippen LogP contribution in [0.15, 0.2) is 69.3 Å². The van der Waals surface area contributed by atoms with Gasteiger partial charge in [0.1, 0.15) is 0 Å². The predicted molar refractivity (Wildman–Crippen MR) is 111 cm³/mol. The predicted octanol–water partition coefficient (Wildman–Crippen LogP) is 4.20. The van der Waals surface area contributed by atoms with Gasteiger partial charge in [-0.3, -0.25) is 4.79 Å². The Bertz CT molecular complexity index is 966. The maximum absolute atomic E-state index is 12.0. The van der Waals surface area contributed by atoms with Crippen molar-refractivity contribution >= 4 is 56.9 Å². The molecular weight excluding hydrogens is 412 g/mol. The number of carbonyl (C=O) groups excluding carboxylic acids is 1. The van der Waals surface area contributed by atoms with Gasteiger partial charge in [0.05, 0.1) is 23.0 Å². The van der Waals surface area contributed by atoms with E-state index in [-0.39, 0.29) is 11.7 Å². The number of rotatable bonds is 6. The highest BCUT2D eigenvalue weighted by atomic mass is 79.9. The van der Waals surface area contributed by atoms with E-state index in [2.05, 4.69) is 31.4 Å². The maximum Gasteiger partial charge on any atom is 0.250 e. The van der Waals surface area contributed by atoms with Gasteiger partial charge in [-0.25, -0.2) is 10.4 Å². The normalized spacial score (nSPS) is 12.0. The number of hydrogen-bond acceptors (Lipinski definition) is 4. The van der Waals surface area contributed by atoms with E-state index in [9.17, 15) is 4.79 Å². The number of thioether (sulfide) groups is 1. The highest BCUT2D eigenvalue weighted by Crippen LogP contribution is 2.22. The number of aromatic nitrogens is 2. The third-order valence-electron chi connectivity index (χ3n) is 3.56. The molecule has 0 saturated carbocycles. The second-order valence-corrected chi connectivity index (χ2v) is 7.32. The minimum absolute atomic E-state index is 0.182. The monoisotopic (exact) mass is 428 g/mol. The number of hydrazone groups is 1. The van der Waals surface area contributed by atoms with Crippen molar-refractivity contribution in [3.05, 3.63) is 64.6 Å². The number of nitrogens with one attached hydrogen (secondary N) is 1. The van der Waals surface area contributed by atoms with E-state index in [1.807, 2.05) is 72.3 Å². The number of fused-ring (bicyclic) bond motifs is 1. The first kappa shape index (κ1) is 18.4. The van der Waals surface area contributed by atoms with Gasteiger partial charge >= 0.3 is 0 Å². The molecule has 26 heavy (non-hydrogen) atoms. The van der Waals surface area contributed by atoms with Gasteiger partial charge in [0, 0.05) is 11.5 Å². The molecule has 1 aromatic heterocycles. The maximum atomic E-state index is 12.0. The second-order valence-electron chi connectivity index (χ2n) is 5.46. The van der Waals surface area contributed by atoms with Crippen molar-refractivity contribution in [2.45, 2.75) is 5.16 Å². The summed E-state index contributed by atoms with van der Waals surface area (Å²) in [4.78, 5) is 16.5. The third kappa shape index (κ3) is 4.83. The van der Waals surface area contributed by atoms with Gasteiger partial charge < -0.3 is 4.57 Å². The summed E-state index contributed by atoms with van der Waals surface area (Å²) in [5.41, 5.74) is 5.54. The quantitative estimate of drug-likeness (QED) is 0.363.